The third-order valence-electron chi connectivity index (χ3n) is 2.05. The van der Waals surface area contributed by atoms with Crippen molar-refractivity contribution in [3.05, 3.63) is 22.9 Å². The standard InChI is InChI=1S/C10H16N2O3/c1-8(2)7-12-6-5-11(10(12)15)4-3-9(13)14/h5-6,8H,3-4,7H2,1-2H3,(H,13,14). The summed E-state index contributed by atoms with van der Waals surface area (Å²) in [5.74, 6) is -0.489. The second-order valence-corrected chi connectivity index (χ2v) is 3.96. The molecule has 5 heteroatoms. The van der Waals surface area contributed by atoms with E-state index in [1.165, 1.54) is 4.57 Å². The smallest absolute Gasteiger partial charge is 0.328 e. The van der Waals surface area contributed by atoms with Gasteiger partial charge in [0.1, 0.15) is 0 Å². The Morgan fingerprint density at radius 3 is 2.53 bits per heavy atom. The van der Waals surface area contributed by atoms with Crippen LogP contribution in [0.25, 0.3) is 0 Å². The van der Waals surface area contributed by atoms with Crippen LogP contribution < -0.4 is 5.69 Å². The van der Waals surface area contributed by atoms with Crippen LogP contribution in [-0.4, -0.2) is 20.2 Å². The maximum absolute atomic E-state index is 11.6. The van der Waals surface area contributed by atoms with Gasteiger partial charge < -0.3 is 5.11 Å². The number of hydrogen-bond acceptors (Lipinski definition) is 2. The molecular formula is C10H16N2O3. The van der Waals surface area contributed by atoms with Gasteiger partial charge in [0, 0.05) is 25.5 Å². The van der Waals surface area contributed by atoms with Crippen molar-refractivity contribution in [2.24, 2.45) is 5.92 Å². The van der Waals surface area contributed by atoms with E-state index >= 15 is 0 Å². The molecule has 0 aromatic carbocycles. The van der Waals surface area contributed by atoms with Crippen molar-refractivity contribution in [2.45, 2.75) is 33.4 Å². The van der Waals surface area contributed by atoms with Gasteiger partial charge in [0.15, 0.2) is 0 Å². The van der Waals surface area contributed by atoms with Crippen molar-refractivity contribution < 1.29 is 9.90 Å². The highest BCUT2D eigenvalue weighted by atomic mass is 16.4. The van der Waals surface area contributed by atoms with Crippen molar-refractivity contribution in [1.82, 2.24) is 9.13 Å². The van der Waals surface area contributed by atoms with Crippen LogP contribution in [0.1, 0.15) is 20.3 Å². The van der Waals surface area contributed by atoms with Crippen molar-refractivity contribution >= 4 is 5.97 Å². The maximum Gasteiger partial charge on any atom is 0.328 e. The minimum atomic E-state index is -0.890. The van der Waals surface area contributed by atoms with Crippen LogP contribution in [0, 0.1) is 5.92 Å². The van der Waals surface area contributed by atoms with Crippen molar-refractivity contribution in [2.75, 3.05) is 0 Å². The summed E-state index contributed by atoms with van der Waals surface area (Å²) in [6.45, 7) is 4.96. The second kappa shape index (κ2) is 4.82. The molecule has 1 aromatic heterocycles. The van der Waals surface area contributed by atoms with Crippen LogP contribution in [0.15, 0.2) is 17.2 Å². The molecular weight excluding hydrogens is 196 g/mol. The molecule has 1 heterocycles. The van der Waals surface area contributed by atoms with E-state index in [4.69, 9.17) is 5.11 Å². The molecule has 1 N–H and O–H groups in total. The van der Waals surface area contributed by atoms with E-state index in [0.717, 1.165) is 0 Å². The summed E-state index contributed by atoms with van der Waals surface area (Å²) >= 11 is 0. The molecule has 0 atom stereocenters. The Bertz CT molecular complexity index is 390. The van der Waals surface area contributed by atoms with Gasteiger partial charge in [-0.3, -0.25) is 13.9 Å². The number of aromatic nitrogens is 2. The number of aliphatic carboxylic acids is 1. The lowest BCUT2D eigenvalue weighted by Gasteiger charge is -2.04. The first kappa shape index (κ1) is 11.6. The first-order chi connectivity index (χ1) is 7.00. The van der Waals surface area contributed by atoms with E-state index in [1.54, 1.807) is 17.0 Å². The molecule has 0 bridgehead atoms. The van der Waals surface area contributed by atoms with Gasteiger partial charge in [0.25, 0.3) is 0 Å². The van der Waals surface area contributed by atoms with E-state index in [2.05, 4.69) is 0 Å². The zero-order valence-corrected chi connectivity index (χ0v) is 9.01. The summed E-state index contributed by atoms with van der Waals surface area (Å²) in [5, 5.41) is 8.50. The van der Waals surface area contributed by atoms with E-state index < -0.39 is 5.97 Å². The van der Waals surface area contributed by atoms with Crippen molar-refractivity contribution in [1.29, 1.82) is 0 Å². The first-order valence-electron chi connectivity index (χ1n) is 4.98. The summed E-state index contributed by atoms with van der Waals surface area (Å²) in [6.07, 6.45) is 3.31. The van der Waals surface area contributed by atoms with Crippen LogP contribution in [0.3, 0.4) is 0 Å². The van der Waals surface area contributed by atoms with Gasteiger partial charge in [0.05, 0.1) is 6.42 Å². The predicted octanol–water partition coefficient (Wildman–Crippen LogP) is 0.780. The molecule has 1 aromatic rings. The Morgan fingerprint density at radius 2 is 2.00 bits per heavy atom. The molecule has 0 aliphatic heterocycles. The zero-order valence-electron chi connectivity index (χ0n) is 9.01. The molecule has 84 valence electrons. The largest absolute Gasteiger partial charge is 0.481 e. The quantitative estimate of drug-likeness (QED) is 0.784. The lowest BCUT2D eigenvalue weighted by Crippen LogP contribution is -2.26. The van der Waals surface area contributed by atoms with Gasteiger partial charge in [-0.1, -0.05) is 13.8 Å². The molecule has 0 fully saturated rings. The summed E-state index contributed by atoms with van der Waals surface area (Å²) in [6, 6.07) is 0. The molecule has 0 radical (unpaired) electrons. The highest BCUT2D eigenvalue weighted by molar-refractivity contribution is 5.66. The Balaban J connectivity index is 2.71. The molecule has 0 saturated heterocycles. The molecule has 0 spiro atoms. The molecule has 0 unspecified atom stereocenters. The monoisotopic (exact) mass is 212 g/mol. The van der Waals surface area contributed by atoms with Gasteiger partial charge in [0.2, 0.25) is 0 Å². The molecule has 0 aliphatic carbocycles. The highest BCUT2D eigenvalue weighted by Gasteiger charge is 2.05. The van der Waals surface area contributed by atoms with E-state index in [1.807, 2.05) is 13.8 Å². The van der Waals surface area contributed by atoms with Gasteiger partial charge in [-0.05, 0) is 5.92 Å². The number of carboxylic acid groups (broad SMARTS) is 1. The van der Waals surface area contributed by atoms with Gasteiger partial charge >= 0.3 is 11.7 Å². The van der Waals surface area contributed by atoms with Crippen LogP contribution in [-0.2, 0) is 17.9 Å². The van der Waals surface area contributed by atoms with Gasteiger partial charge in [-0.2, -0.15) is 0 Å². The molecule has 0 aliphatic rings. The zero-order chi connectivity index (χ0) is 11.4. The molecule has 15 heavy (non-hydrogen) atoms. The molecule has 0 saturated carbocycles. The summed E-state index contributed by atoms with van der Waals surface area (Å²) in [5.41, 5.74) is -0.134. The van der Waals surface area contributed by atoms with Crippen LogP contribution >= 0.6 is 0 Å². The average molecular weight is 212 g/mol. The maximum atomic E-state index is 11.6. The fourth-order valence-corrected chi connectivity index (χ4v) is 1.37. The number of hydrogen-bond donors (Lipinski definition) is 1. The summed E-state index contributed by atoms with van der Waals surface area (Å²) in [7, 11) is 0. The average Bonchev–Trinajstić information content (AvgIpc) is 2.44. The number of aryl methyl sites for hydroxylation is 1. The Kier molecular flexibility index (Phi) is 3.71. The van der Waals surface area contributed by atoms with E-state index in [0.29, 0.717) is 12.5 Å². The molecule has 0 amide bonds. The normalized spacial score (nSPS) is 10.9. The minimum absolute atomic E-state index is 0.0222. The lowest BCUT2D eigenvalue weighted by molar-refractivity contribution is -0.137. The lowest BCUT2D eigenvalue weighted by atomic mass is 10.2. The SMILES string of the molecule is CC(C)Cn1ccn(CCC(=O)O)c1=O. The predicted molar refractivity (Wildman–Crippen MR) is 55.8 cm³/mol. The van der Waals surface area contributed by atoms with Crippen LogP contribution in [0.2, 0.25) is 0 Å². The molecule has 1 rings (SSSR count). The Morgan fingerprint density at radius 1 is 1.40 bits per heavy atom. The van der Waals surface area contributed by atoms with Crippen molar-refractivity contribution in [3.63, 3.8) is 0 Å². The topological polar surface area (TPSA) is 64.2 Å². The third kappa shape index (κ3) is 3.27. The number of rotatable bonds is 5. The van der Waals surface area contributed by atoms with Gasteiger partial charge in [-0.25, -0.2) is 4.79 Å². The Labute approximate surface area is 88.0 Å². The summed E-state index contributed by atoms with van der Waals surface area (Å²) < 4.78 is 3.03. The number of carbonyl (C=O) groups is 1. The van der Waals surface area contributed by atoms with Crippen LogP contribution in [0.4, 0.5) is 0 Å². The molecule has 5 nitrogen and oxygen atoms in total. The van der Waals surface area contributed by atoms with Gasteiger partial charge in [-0.15, -0.1) is 0 Å². The summed E-state index contributed by atoms with van der Waals surface area (Å²) in [4.78, 5) is 22.0. The van der Waals surface area contributed by atoms with Crippen molar-refractivity contribution in [3.8, 4) is 0 Å². The van der Waals surface area contributed by atoms with E-state index in [9.17, 15) is 9.59 Å². The Hall–Kier alpha value is -1.52. The number of imidazole rings is 1. The third-order valence-corrected chi connectivity index (χ3v) is 2.05. The fraction of sp³-hybridized carbons (Fsp3) is 0.600. The minimum Gasteiger partial charge on any atom is -0.481 e. The van der Waals surface area contributed by atoms with E-state index in [-0.39, 0.29) is 18.7 Å². The first-order valence-corrected chi connectivity index (χ1v) is 4.98. The number of carboxylic acids is 1. The second-order valence-electron chi connectivity index (χ2n) is 3.96. The number of nitrogens with zero attached hydrogens (tertiary/aromatic N) is 2. The van der Waals surface area contributed by atoms with Crippen LogP contribution in [0.5, 0.6) is 0 Å². The fourth-order valence-electron chi connectivity index (χ4n) is 1.37. The highest BCUT2D eigenvalue weighted by Crippen LogP contribution is 1.96.